The van der Waals surface area contributed by atoms with Gasteiger partial charge in [-0.25, -0.2) is 9.13 Å². The van der Waals surface area contributed by atoms with Crippen LogP contribution in [-0.2, 0) is 6.54 Å². The summed E-state index contributed by atoms with van der Waals surface area (Å²) in [5.41, 5.74) is 3.90. The lowest BCUT2D eigenvalue weighted by molar-refractivity contribution is -0.696. The Morgan fingerprint density at radius 1 is 1.25 bits per heavy atom. The SMILES string of the molecule is CCC[n+]1ccn(-c2ccc(C)cc2C)c1. The molecule has 0 spiro atoms. The minimum atomic E-state index is 1.08. The molecule has 2 aromatic rings. The molecule has 0 aliphatic carbocycles. The molecule has 0 aliphatic heterocycles. The predicted octanol–water partition coefficient (Wildman–Crippen LogP) is 2.79. The number of aromatic nitrogens is 2. The van der Waals surface area contributed by atoms with Gasteiger partial charge in [-0.05, 0) is 31.9 Å². The summed E-state index contributed by atoms with van der Waals surface area (Å²) in [5.74, 6) is 0. The van der Waals surface area contributed by atoms with Crippen LogP contribution in [0.15, 0.2) is 36.9 Å². The van der Waals surface area contributed by atoms with Crippen LogP contribution >= 0.6 is 0 Å². The Labute approximate surface area is 97.2 Å². The molecule has 0 saturated heterocycles. The lowest BCUT2D eigenvalue weighted by Crippen LogP contribution is -2.30. The van der Waals surface area contributed by atoms with Gasteiger partial charge in [-0.3, -0.25) is 0 Å². The Hall–Kier alpha value is -1.57. The molecule has 16 heavy (non-hydrogen) atoms. The molecule has 1 aromatic carbocycles. The van der Waals surface area contributed by atoms with Crippen LogP contribution in [0.25, 0.3) is 5.69 Å². The van der Waals surface area contributed by atoms with Gasteiger partial charge in [0.2, 0.25) is 6.33 Å². The number of nitrogens with zero attached hydrogens (tertiary/aromatic N) is 2. The van der Waals surface area contributed by atoms with Gasteiger partial charge < -0.3 is 0 Å². The number of imidazole rings is 1. The lowest BCUT2D eigenvalue weighted by atomic mass is 10.1. The first-order valence-electron chi connectivity index (χ1n) is 5.85. The molecule has 0 saturated carbocycles. The highest BCUT2D eigenvalue weighted by atomic mass is 15.1. The molecule has 0 atom stereocenters. The maximum absolute atomic E-state index is 2.22. The van der Waals surface area contributed by atoms with E-state index < -0.39 is 0 Å². The zero-order valence-electron chi connectivity index (χ0n) is 10.3. The van der Waals surface area contributed by atoms with Gasteiger partial charge in [-0.2, -0.15) is 0 Å². The van der Waals surface area contributed by atoms with Crippen LogP contribution in [0.1, 0.15) is 24.5 Å². The number of hydrogen-bond donors (Lipinski definition) is 0. The second-order valence-electron chi connectivity index (χ2n) is 4.35. The largest absolute Gasteiger partial charge is 0.248 e. The first-order valence-corrected chi connectivity index (χ1v) is 5.85. The van der Waals surface area contributed by atoms with Crippen LogP contribution in [0, 0.1) is 13.8 Å². The fraction of sp³-hybridized carbons (Fsp3) is 0.357. The van der Waals surface area contributed by atoms with Crippen LogP contribution in [0.4, 0.5) is 0 Å². The minimum absolute atomic E-state index is 1.08. The zero-order chi connectivity index (χ0) is 11.5. The summed E-state index contributed by atoms with van der Waals surface area (Å²) in [6, 6.07) is 6.56. The summed E-state index contributed by atoms with van der Waals surface area (Å²) in [4.78, 5) is 0. The highest BCUT2D eigenvalue weighted by molar-refractivity contribution is 5.42. The van der Waals surface area contributed by atoms with E-state index in [1.165, 1.54) is 23.2 Å². The van der Waals surface area contributed by atoms with E-state index in [0.717, 1.165) is 6.54 Å². The van der Waals surface area contributed by atoms with E-state index >= 15 is 0 Å². The predicted molar refractivity (Wildman–Crippen MR) is 65.7 cm³/mol. The third-order valence-electron chi connectivity index (χ3n) is 2.80. The normalized spacial score (nSPS) is 10.7. The second kappa shape index (κ2) is 4.52. The average molecular weight is 215 g/mol. The number of aryl methyl sites for hydroxylation is 3. The molecule has 0 bridgehead atoms. The van der Waals surface area contributed by atoms with Crippen LogP contribution in [0.2, 0.25) is 0 Å². The topological polar surface area (TPSA) is 8.81 Å². The van der Waals surface area contributed by atoms with Crippen molar-refractivity contribution in [2.45, 2.75) is 33.7 Å². The van der Waals surface area contributed by atoms with Crippen molar-refractivity contribution in [1.82, 2.24) is 4.57 Å². The fourth-order valence-corrected chi connectivity index (χ4v) is 2.02. The minimum Gasteiger partial charge on any atom is -0.236 e. The smallest absolute Gasteiger partial charge is 0.236 e. The molecular weight excluding hydrogens is 196 g/mol. The van der Waals surface area contributed by atoms with Gasteiger partial charge in [0, 0.05) is 0 Å². The van der Waals surface area contributed by atoms with Crippen LogP contribution in [0.3, 0.4) is 0 Å². The van der Waals surface area contributed by atoms with Crippen LogP contribution in [0.5, 0.6) is 0 Å². The van der Waals surface area contributed by atoms with Crippen molar-refractivity contribution in [2.24, 2.45) is 0 Å². The van der Waals surface area contributed by atoms with E-state index in [-0.39, 0.29) is 0 Å². The van der Waals surface area contributed by atoms with E-state index in [4.69, 9.17) is 0 Å². The average Bonchev–Trinajstić information content (AvgIpc) is 2.67. The van der Waals surface area contributed by atoms with Crippen LogP contribution in [-0.4, -0.2) is 4.57 Å². The second-order valence-corrected chi connectivity index (χ2v) is 4.35. The Kier molecular flexibility index (Phi) is 3.09. The standard InChI is InChI=1S/C14H19N2/c1-4-7-15-8-9-16(11-15)14-6-5-12(2)10-13(14)3/h5-6,8-11H,4,7H2,1-3H3/q+1. The van der Waals surface area contributed by atoms with E-state index in [1.807, 2.05) is 0 Å². The van der Waals surface area contributed by atoms with Crippen LogP contribution < -0.4 is 4.57 Å². The van der Waals surface area contributed by atoms with Gasteiger partial charge in [-0.15, -0.1) is 0 Å². The van der Waals surface area contributed by atoms with Crippen molar-refractivity contribution in [1.29, 1.82) is 0 Å². The van der Waals surface area contributed by atoms with Gasteiger partial charge in [0.15, 0.2) is 0 Å². The van der Waals surface area contributed by atoms with E-state index in [2.05, 4.69) is 66.8 Å². The third-order valence-corrected chi connectivity index (χ3v) is 2.80. The first kappa shape index (κ1) is 10.9. The monoisotopic (exact) mass is 215 g/mol. The first-order chi connectivity index (χ1) is 7.70. The highest BCUT2D eigenvalue weighted by Crippen LogP contribution is 2.14. The maximum atomic E-state index is 2.22. The molecule has 0 N–H and O–H groups in total. The van der Waals surface area contributed by atoms with Gasteiger partial charge in [0.1, 0.15) is 18.1 Å². The summed E-state index contributed by atoms with van der Waals surface area (Å²) in [6.45, 7) is 7.57. The fourth-order valence-electron chi connectivity index (χ4n) is 2.02. The molecule has 1 heterocycles. The summed E-state index contributed by atoms with van der Waals surface area (Å²) < 4.78 is 4.41. The summed E-state index contributed by atoms with van der Waals surface area (Å²) in [7, 11) is 0. The van der Waals surface area contributed by atoms with E-state index in [1.54, 1.807) is 0 Å². The molecule has 0 fully saturated rings. The molecule has 0 unspecified atom stereocenters. The lowest BCUT2D eigenvalue weighted by Gasteiger charge is -2.01. The maximum Gasteiger partial charge on any atom is 0.248 e. The van der Waals surface area contributed by atoms with Crippen molar-refractivity contribution in [3.63, 3.8) is 0 Å². The molecule has 1 aromatic heterocycles. The summed E-state index contributed by atoms with van der Waals surface area (Å²) in [6.07, 6.45) is 7.57. The van der Waals surface area contributed by atoms with E-state index in [9.17, 15) is 0 Å². The molecule has 0 radical (unpaired) electrons. The Bertz CT molecular complexity index is 483. The van der Waals surface area contributed by atoms with Crippen molar-refractivity contribution in [3.8, 4) is 5.69 Å². The number of rotatable bonds is 3. The van der Waals surface area contributed by atoms with Gasteiger partial charge in [0.05, 0.1) is 6.54 Å². The quantitative estimate of drug-likeness (QED) is 0.696. The molecule has 2 rings (SSSR count). The van der Waals surface area contributed by atoms with Crippen molar-refractivity contribution in [2.75, 3.05) is 0 Å². The molecular formula is C14H19N2+. The van der Waals surface area contributed by atoms with Crippen molar-refractivity contribution in [3.05, 3.63) is 48.0 Å². The number of benzene rings is 1. The molecule has 0 amide bonds. The Balaban J connectivity index is 2.35. The van der Waals surface area contributed by atoms with Crippen molar-refractivity contribution >= 4 is 0 Å². The zero-order valence-corrected chi connectivity index (χ0v) is 10.3. The van der Waals surface area contributed by atoms with Gasteiger partial charge >= 0.3 is 0 Å². The summed E-state index contributed by atoms with van der Waals surface area (Å²) in [5, 5.41) is 0. The molecule has 2 heteroatoms. The highest BCUT2D eigenvalue weighted by Gasteiger charge is 2.08. The van der Waals surface area contributed by atoms with E-state index in [0.29, 0.717) is 0 Å². The van der Waals surface area contributed by atoms with Gasteiger partial charge in [0.25, 0.3) is 0 Å². The Morgan fingerprint density at radius 3 is 2.75 bits per heavy atom. The molecule has 0 aliphatic rings. The third kappa shape index (κ3) is 2.16. The Morgan fingerprint density at radius 2 is 2.06 bits per heavy atom. The van der Waals surface area contributed by atoms with Crippen molar-refractivity contribution < 1.29 is 4.57 Å². The number of hydrogen-bond acceptors (Lipinski definition) is 0. The van der Waals surface area contributed by atoms with Gasteiger partial charge in [-0.1, -0.05) is 24.6 Å². The summed E-state index contributed by atoms with van der Waals surface area (Å²) >= 11 is 0. The molecule has 2 nitrogen and oxygen atoms in total. The molecule has 84 valence electrons.